The van der Waals surface area contributed by atoms with E-state index in [1.807, 2.05) is 30.3 Å². The summed E-state index contributed by atoms with van der Waals surface area (Å²) in [5.41, 5.74) is 0.771. The summed E-state index contributed by atoms with van der Waals surface area (Å²) in [7, 11) is 0. The molecule has 1 aliphatic carbocycles. The molecule has 0 bridgehead atoms. The molecule has 2 heteroatoms. The van der Waals surface area contributed by atoms with E-state index in [1.54, 1.807) is 0 Å². The Morgan fingerprint density at radius 1 is 0.900 bits per heavy atom. The standard InChI is InChI=1S/C18H21NO/c20-18(19-17-9-3-1-2-4-10-17)16-12-11-14-7-5-6-8-15(14)13-16/h5-8,11-13,17H,1-4,9-10H2,(H,19,20). The normalized spacial score (nSPS) is 16.8. The summed E-state index contributed by atoms with van der Waals surface area (Å²) in [4.78, 5) is 12.4. The van der Waals surface area contributed by atoms with Crippen LogP contribution in [-0.4, -0.2) is 11.9 Å². The van der Waals surface area contributed by atoms with Crippen molar-refractivity contribution in [2.45, 2.75) is 44.6 Å². The molecule has 2 nitrogen and oxygen atoms in total. The highest BCUT2D eigenvalue weighted by molar-refractivity contribution is 5.98. The van der Waals surface area contributed by atoms with Gasteiger partial charge < -0.3 is 5.32 Å². The van der Waals surface area contributed by atoms with Crippen molar-refractivity contribution in [3.05, 3.63) is 48.0 Å². The SMILES string of the molecule is O=C(NC1CCCCCC1)c1ccc2ccccc2c1. The van der Waals surface area contributed by atoms with Gasteiger partial charge in [0.1, 0.15) is 0 Å². The molecular formula is C18H21NO. The van der Waals surface area contributed by atoms with Crippen LogP contribution >= 0.6 is 0 Å². The minimum atomic E-state index is 0.0719. The Labute approximate surface area is 120 Å². The predicted octanol–water partition coefficient (Wildman–Crippen LogP) is 4.29. The Morgan fingerprint density at radius 2 is 1.60 bits per heavy atom. The first kappa shape index (κ1) is 13.2. The maximum Gasteiger partial charge on any atom is 0.251 e. The number of rotatable bonds is 2. The lowest BCUT2D eigenvalue weighted by Crippen LogP contribution is -2.34. The minimum Gasteiger partial charge on any atom is -0.349 e. The van der Waals surface area contributed by atoms with Gasteiger partial charge in [0.25, 0.3) is 5.91 Å². The predicted molar refractivity (Wildman–Crippen MR) is 82.9 cm³/mol. The van der Waals surface area contributed by atoms with Gasteiger partial charge in [-0.2, -0.15) is 0 Å². The van der Waals surface area contributed by atoms with Crippen LogP contribution in [0.25, 0.3) is 10.8 Å². The number of amides is 1. The molecule has 0 heterocycles. The van der Waals surface area contributed by atoms with Crippen molar-refractivity contribution in [2.24, 2.45) is 0 Å². The van der Waals surface area contributed by atoms with Gasteiger partial charge in [-0.05, 0) is 35.7 Å². The molecule has 0 aromatic heterocycles. The van der Waals surface area contributed by atoms with E-state index in [-0.39, 0.29) is 5.91 Å². The van der Waals surface area contributed by atoms with Crippen LogP contribution in [0.5, 0.6) is 0 Å². The van der Waals surface area contributed by atoms with Crippen molar-refractivity contribution in [3.8, 4) is 0 Å². The molecule has 1 amide bonds. The Bertz CT molecular complexity index is 597. The third kappa shape index (κ3) is 3.01. The molecule has 1 aliphatic rings. The average molecular weight is 267 g/mol. The number of carbonyl (C=O) groups is 1. The van der Waals surface area contributed by atoms with Crippen LogP contribution in [-0.2, 0) is 0 Å². The largest absolute Gasteiger partial charge is 0.349 e. The number of fused-ring (bicyclic) bond motifs is 1. The topological polar surface area (TPSA) is 29.1 Å². The van der Waals surface area contributed by atoms with E-state index in [4.69, 9.17) is 0 Å². The average Bonchev–Trinajstić information content (AvgIpc) is 2.75. The van der Waals surface area contributed by atoms with Crippen LogP contribution in [0.15, 0.2) is 42.5 Å². The summed E-state index contributed by atoms with van der Waals surface area (Å²) in [6.45, 7) is 0. The molecule has 1 N–H and O–H groups in total. The Balaban J connectivity index is 1.74. The summed E-state index contributed by atoms with van der Waals surface area (Å²) in [5.74, 6) is 0.0719. The van der Waals surface area contributed by atoms with Gasteiger partial charge >= 0.3 is 0 Å². The molecule has 0 spiro atoms. The molecule has 3 rings (SSSR count). The zero-order chi connectivity index (χ0) is 13.8. The number of hydrogen-bond acceptors (Lipinski definition) is 1. The highest BCUT2D eigenvalue weighted by atomic mass is 16.1. The first-order chi connectivity index (χ1) is 9.83. The fraction of sp³-hybridized carbons (Fsp3) is 0.389. The smallest absolute Gasteiger partial charge is 0.251 e. The highest BCUT2D eigenvalue weighted by Gasteiger charge is 2.15. The Morgan fingerprint density at radius 3 is 2.35 bits per heavy atom. The molecule has 0 unspecified atom stereocenters. The molecule has 0 saturated heterocycles. The molecule has 2 aromatic rings. The third-order valence-electron chi connectivity index (χ3n) is 4.20. The summed E-state index contributed by atoms with van der Waals surface area (Å²) in [5, 5.41) is 5.51. The van der Waals surface area contributed by atoms with Crippen LogP contribution in [0.2, 0.25) is 0 Å². The van der Waals surface area contributed by atoms with E-state index in [0.717, 1.165) is 23.8 Å². The van der Waals surface area contributed by atoms with Crippen LogP contribution in [0.1, 0.15) is 48.9 Å². The molecule has 1 saturated carbocycles. The van der Waals surface area contributed by atoms with Crippen LogP contribution in [0, 0.1) is 0 Å². The molecular weight excluding hydrogens is 246 g/mol. The van der Waals surface area contributed by atoms with E-state index in [9.17, 15) is 4.79 Å². The zero-order valence-corrected chi connectivity index (χ0v) is 11.8. The number of benzene rings is 2. The number of hydrogen-bond donors (Lipinski definition) is 1. The van der Waals surface area contributed by atoms with Gasteiger partial charge in [0.15, 0.2) is 0 Å². The highest BCUT2D eigenvalue weighted by Crippen LogP contribution is 2.19. The molecule has 104 valence electrons. The fourth-order valence-electron chi connectivity index (χ4n) is 3.02. The van der Waals surface area contributed by atoms with Crippen LogP contribution < -0.4 is 5.32 Å². The van der Waals surface area contributed by atoms with Gasteiger partial charge in [0, 0.05) is 11.6 Å². The quantitative estimate of drug-likeness (QED) is 0.808. The summed E-state index contributed by atoms with van der Waals surface area (Å²) in [6.07, 6.45) is 7.34. The monoisotopic (exact) mass is 267 g/mol. The maximum absolute atomic E-state index is 12.4. The lowest BCUT2D eigenvalue weighted by molar-refractivity contribution is 0.0933. The molecule has 0 radical (unpaired) electrons. The summed E-state index contributed by atoms with van der Waals surface area (Å²) >= 11 is 0. The Hall–Kier alpha value is -1.83. The molecule has 20 heavy (non-hydrogen) atoms. The molecule has 0 aliphatic heterocycles. The first-order valence-electron chi connectivity index (χ1n) is 7.62. The Kier molecular flexibility index (Phi) is 4.00. The second kappa shape index (κ2) is 6.08. The summed E-state index contributed by atoms with van der Waals surface area (Å²) < 4.78 is 0. The second-order valence-corrected chi connectivity index (χ2v) is 5.72. The maximum atomic E-state index is 12.4. The van der Waals surface area contributed by atoms with Crippen molar-refractivity contribution in [2.75, 3.05) is 0 Å². The van der Waals surface area contributed by atoms with Gasteiger partial charge in [-0.3, -0.25) is 4.79 Å². The lowest BCUT2D eigenvalue weighted by Gasteiger charge is -2.16. The van der Waals surface area contributed by atoms with E-state index in [0.29, 0.717) is 6.04 Å². The van der Waals surface area contributed by atoms with E-state index in [2.05, 4.69) is 17.4 Å². The van der Waals surface area contributed by atoms with Crippen molar-refractivity contribution in [1.82, 2.24) is 5.32 Å². The van der Waals surface area contributed by atoms with Gasteiger partial charge in [-0.25, -0.2) is 0 Å². The number of nitrogens with one attached hydrogen (secondary N) is 1. The molecule has 1 fully saturated rings. The van der Waals surface area contributed by atoms with Gasteiger partial charge in [0.05, 0.1) is 0 Å². The minimum absolute atomic E-state index is 0.0719. The van der Waals surface area contributed by atoms with Crippen molar-refractivity contribution in [3.63, 3.8) is 0 Å². The van der Waals surface area contributed by atoms with E-state index < -0.39 is 0 Å². The van der Waals surface area contributed by atoms with Crippen molar-refractivity contribution in [1.29, 1.82) is 0 Å². The zero-order valence-electron chi connectivity index (χ0n) is 11.8. The van der Waals surface area contributed by atoms with Crippen LogP contribution in [0.4, 0.5) is 0 Å². The second-order valence-electron chi connectivity index (χ2n) is 5.72. The number of carbonyl (C=O) groups excluding carboxylic acids is 1. The third-order valence-corrected chi connectivity index (χ3v) is 4.20. The molecule has 0 atom stereocenters. The van der Waals surface area contributed by atoms with Crippen LogP contribution in [0.3, 0.4) is 0 Å². The van der Waals surface area contributed by atoms with E-state index in [1.165, 1.54) is 31.1 Å². The summed E-state index contributed by atoms with van der Waals surface area (Å²) in [6, 6.07) is 14.5. The lowest BCUT2D eigenvalue weighted by atomic mass is 10.1. The van der Waals surface area contributed by atoms with E-state index >= 15 is 0 Å². The van der Waals surface area contributed by atoms with Gasteiger partial charge in [0.2, 0.25) is 0 Å². The van der Waals surface area contributed by atoms with Crippen molar-refractivity contribution >= 4 is 16.7 Å². The fourth-order valence-corrected chi connectivity index (χ4v) is 3.02. The van der Waals surface area contributed by atoms with Crippen molar-refractivity contribution < 1.29 is 4.79 Å². The first-order valence-corrected chi connectivity index (χ1v) is 7.62. The van der Waals surface area contributed by atoms with Gasteiger partial charge in [-0.1, -0.05) is 56.0 Å². The molecule has 2 aromatic carbocycles. The van der Waals surface area contributed by atoms with Gasteiger partial charge in [-0.15, -0.1) is 0 Å².